The fourth-order valence-corrected chi connectivity index (χ4v) is 2.85. The smallest absolute Gasteiger partial charge is 0.142 e. The van der Waals surface area contributed by atoms with Gasteiger partial charge in [0.15, 0.2) is 0 Å². The van der Waals surface area contributed by atoms with E-state index in [4.69, 9.17) is 17.3 Å². The highest BCUT2D eigenvalue weighted by Gasteiger charge is 2.21. The van der Waals surface area contributed by atoms with E-state index in [1.165, 1.54) is 6.07 Å². The zero-order valence-electron chi connectivity index (χ0n) is 11.9. The lowest BCUT2D eigenvalue weighted by Crippen LogP contribution is -2.23. The van der Waals surface area contributed by atoms with Crippen LogP contribution in [0.25, 0.3) is 0 Å². The van der Waals surface area contributed by atoms with Crippen LogP contribution >= 0.6 is 27.5 Å². The molecule has 0 aliphatic carbocycles. The quantitative estimate of drug-likeness (QED) is 0.874. The van der Waals surface area contributed by atoms with Crippen molar-refractivity contribution < 1.29 is 4.39 Å². The average molecular weight is 376 g/mol. The summed E-state index contributed by atoms with van der Waals surface area (Å²) < 4.78 is 16.2. The monoisotopic (exact) mass is 374 g/mol. The number of halogens is 3. The third-order valence-electron chi connectivity index (χ3n) is 3.20. The fourth-order valence-electron chi connectivity index (χ4n) is 2.06. The second-order valence-electron chi connectivity index (χ2n) is 5.02. The molecule has 2 aromatic rings. The van der Waals surface area contributed by atoms with Crippen LogP contribution in [0.3, 0.4) is 0 Å². The summed E-state index contributed by atoms with van der Waals surface area (Å²) in [6.07, 6.45) is 1.69. The average Bonchev–Trinajstić information content (AvgIpc) is 2.80. The van der Waals surface area contributed by atoms with Crippen LogP contribution in [-0.2, 0) is 6.54 Å². The number of nitrogens with two attached hydrogens (primary N) is 1. The van der Waals surface area contributed by atoms with Gasteiger partial charge in [-0.25, -0.2) is 4.39 Å². The summed E-state index contributed by atoms with van der Waals surface area (Å²) in [7, 11) is 3.98. The molecule has 0 aliphatic heterocycles. The maximum atomic E-state index is 13.6. The highest BCUT2D eigenvalue weighted by atomic mass is 79.9. The number of hydrogen-bond donors (Lipinski definition) is 1. The van der Waals surface area contributed by atoms with E-state index in [0.717, 1.165) is 16.7 Å². The van der Waals surface area contributed by atoms with Gasteiger partial charge in [0.1, 0.15) is 5.82 Å². The molecule has 0 saturated heterocycles. The third-order valence-corrected chi connectivity index (χ3v) is 4.21. The molecule has 0 radical (unpaired) electrons. The molecule has 1 aromatic carbocycles. The largest absolute Gasteiger partial charge is 0.319 e. The van der Waals surface area contributed by atoms with Gasteiger partial charge in [0, 0.05) is 6.54 Å². The molecule has 1 unspecified atom stereocenters. The number of hydrogen-bond acceptors (Lipinski definition) is 3. The Balaban J connectivity index is 2.36. The second-order valence-corrected chi connectivity index (χ2v) is 6.26. The molecule has 0 saturated carbocycles. The van der Waals surface area contributed by atoms with Crippen LogP contribution in [0.15, 0.2) is 28.9 Å². The summed E-state index contributed by atoms with van der Waals surface area (Å²) >= 11 is 9.48. The van der Waals surface area contributed by atoms with Crippen molar-refractivity contribution in [3.8, 4) is 0 Å². The zero-order valence-corrected chi connectivity index (χ0v) is 14.2. The van der Waals surface area contributed by atoms with Crippen LogP contribution in [0.1, 0.15) is 17.3 Å². The van der Waals surface area contributed by atoms with Crippen molar-refractivity contribution in [2.45, 2.75) is 12.6 Å². The van der Waals surface area contributed by atoms with Crippen molar-refractivity contribution in [1.82, 2.24) is 14.7 Å². The van der Waals surface area contributed by atoms with E-state index in [1.807, 2.05) is 18.8 Å². The Morgan fingerprint density at radius 1 is 1.48 bits per heavy atom. The zero-order chi connectivity index (χ0) is 15.6. The molecule has 0 fully saturated rings. The Morgan fingerprint density at radius 2 is 2.19 bits per heavy atom. The van der Waals surface area contributed by atoms with E-state index in [9.17, 15) is 4.39 Å². The lowest BCUT2D eigenvalue weighted by Gasteiger charge is -2.18. The minimum atomic E-state index is -0.549. The first-order valence-corrected chi connectivity index (χ1v) is 7.64. The van der Waals surface area contributed by atoms with E-state index >= 15 is 0 Å². The fraction of sp³-hybridized carbons (Fsp3) is 0.357. The molecule has 1 atom stereocenters. The summed E-state index contributed by atoms with van der Waals surface area (Å²) in [5, 5.41) is 4.37. The minimum absolute atomic E-state index is 0.0530. The van der Waals surface area contributed by atoms with Gasteiger partial charge in [0.25, 0.3) is 0 Å². The lowest BCUT2D eigenvalue weighted by atomic mass is 10.0. The van der Waals surface area contributed by atoms with Crippen molar-refractivity contribution in [1.29, 1.82) is 0 Å². The maximum absolute atomic E-state index is 13.6. The van der Waals surface area contributed by atoms with Crippen molar-refractivity contribution in [3.05, 3.63) is 51.0 Å². The Labute approximate surface area is 136 Å². The lowest BCUT2D eigenvalue weighted by molar-refractivity contribution is 0.368. The molecule has 1 heterocycles. The Kier molecular flexibility index (Phi) is 5.37. The second kappa shape index (κ2) is 6.87. The molecule has 1 aromatic heterocycles. The predicted molar refractivity (Wildman–Crippen MR) is 85.9 cm³/mol. The highest BCUT2D eigenvalue weighted by molar-refractivity contribution is 9.10. The summed E-state index contributed by atoms with van der Waals surface area (Å²) in [6.45, 7) is 1.51. The normalized spacial score (nSPS) is 12.9. The molecular weight excluding hydrogens is 359 g/mol. The first-order chi connectivity index (χ1) is 9.91. The molecule has 0 amide bonds. The Hall–Kier alpha value is -0.950. The first-order valence-electron chi connectivity index (χ1n) is 6.47. The molecule has 21 heavy (non-hydrogen) atoms. The predicted octanol–water partition coefficient (Wildman–Crippen LogP) is 3.05. The standard InChI is InChI=1S/C14H17BrClFN4/c1-20(2)6-7-21-14(10(15)8-19-21)13(18)9-4-3-5-11(17)12(9)16/h3-5,8,13H,6-7,18H2,1-2H3. The molecular formula is C14H17BrClFN4. The minimum Gasteiger partial charge on any atom is -0.319 e. The summed E-state index contributed by atoms with van der Waals surface area (Å²) in [4.78, 5) is 2.06. The topological polar surface area (TPSA) is 47.1 Å². The van der Waals surface area contributed by atoms with E-state index in [2.05, 4.69) is 25.9 Å². The molecule has 7 heteroatoms. The van der Waals surface area contributed by atoms with E-state index in [-0.39, 0.29) is 5.02 Å². The van der Waals surface area contributed by atoms with Crippen LogP contribution in [0.4, 0.5) is 4.39 Å². The number of rotatable bonds is 5. The summed E-state index contributed by atoms with van der Waals surface area (Å²) in [5.74, 6) is -0.472. The van der Waals surface area contributed by atoms with Crippen LogP contribution in [0, 0.1) is 5.82 Å². The molecule has 2 rings (SSSR count). The molecule has 0 bridgehead atoms. The van der Waals surface area contributed by atoms with E-state index < -0.39 is 11.9 Å². The molecule has 0 aliphatic rings. The molecule has 0 spiro atoms. The number of likely N-dealkylation sites (N-methyl/N-ethyl adjacent to an activating group) is 1. The van der Waals surface area contributed by atoms with Gasteiger partial charge in [-0.15, -0.1) is 0 Å². The van der Waals surface area contributed by atoms with E-state index in [0.29, 0.717) is 12.1 Å². The van der Waals surface area contributed by atoms with Crippen LogP contribution in [-0.4, -0.2) is 35.3 Å². The van der Waals surface area contributed by atoms with E-state index in [1.54, 1.807) is 18.3 Å². The molecule has 2 N–H and O–H groups in total. The first kappa shape index (κ1) is 16.4. The van der Waals surface area contributed by atoms with Gasteiger partial charge in [0.05, 0.1) is 34.0 Å². The summed E-state index contributed by atoms with van der Waals surface area (Å²) in [5.41, 5.74) is 7.61. The highest BCUT2D eigenvalue weighted by Crippen LogP contribution is 2.32. The van der Waals surface area contributed by atoms with Crippen molar-refractivity contribution >= 4 is 27.5 Å². The van der Waals surface area contributed by atoms with Crippen LogP contribution in [0.5, 0.6) is 0 Å². The van der Waals surface area contributed by atoms with Crippen LogP contribution in [0.2, 0.25) is 5.02 Å². The van der Waals surface area contributed by atoms with Gasteiger partial charge in [-0.1, -0.05) is 23.7 Å². The van der Waals surface area contributed by atoms with Crippen molar-refractivity contribution in [2.75, 3.05) is 20.6 Å². The van der Waals surface area contributed by atoms with Crippen LogP contribution < -0.4 is 5.73 Å². The Bertz CT molecular complexity index is 629. The number of benzene rings is 1. The SMILES string of the molecule is CN(C)CCn1ncc(Br)c1C(N)c1cccc(F)c1Cl. The summed E-state index contributed by atoms with van der Waals surface area (Å²) in [6, 6.07) is 4.10. The van der Waals surface area contributed by atoms with Crippen molar-refractivity contribution in [2.24, 2.45) is 5.73 Å². The number of aromatic nitrogens is 2. The van der Waals surface area contributed by atoms with Gasteiger partial charge in [-0.3, -0.25) is 4.68 Å². The van der Waals surface area contributed by atoms with Gasteiger partial charge < -0.3 is 10.6 Å². The Morgan fingerprint density at radius 3 is 2.86 bits per heavy atom. The van der Waals surface area contributed by atoms with Gasteiger partial charge in [-0.2, -0.15) is 5.10 Å². The van der Waals surface area contributed by atoms with Gasteiger partial charge in [-0.05, 0) is 41.7 Å². The number of nitrogens with zero attached hydrogens (tertiary/aromatic N) is 3. The van der Waals surface area contributed by atoms with Gasteiger partial charge in [0.2, 0.25) is 0 Å². The van der Waals surface area contributed by atoms with Gasteiger partial charge >= 0.3 is 0 Å². The maximum Gasteiger partial charge on any atom is 0.142 e. The van der Waals surface area contributed by atoms with Crippen molar-refractivity contribution in [3.63, 3.8) is 0 Å². The molecule has 4 nitrogen and oxygen atoms in total. The third kappa shape index (κ3) is 3.63. The molecule has 114 valence electrons.